The molecule has 0 spiro atoms. The van der Waals surface area contributed by atoms with Crippen molar-refractivity contribution in [2.75, 3.05) is 12.8 Å². The summed E-state index contributed by atoms with van der Waals surface area (Å²) in [7, 11) is 2.08. The lowest BCUT2D eigenvalue weighted by Crippen LogP contribution is -2.36. The van der Waals surface area contributed by atoms with E-state index in [1.54, 1.807) is 6.20 Å². The molecule has 0 aliphatic heterocycles. The third-order valence-corrected chi connectivity index (χ3v) is 4.99. The average Bonchev–Trinajstić information content (AvgIpc) is 2.43. The molecule has 1 N–H and O–H groups in total. The first-order valence-corrected chi connectivity index (χ1v) is 8.07. The van der Waals surface area contributed by atoms with E-state index >= 15 is 0 Å². The minimum absolute atomic E-state index is 0.604. The molecule has 0 bridgehead atoms. The normalized spacial score (nSPS) is 18.8. The van der Waals surface area contributed by atoms with Gasteiger partial charge < -0.3 is 5.32 Å². The minimum atomic E-state index is 0.604. The Morgan fingerprint density at radius 1 is 1.39 bits per heavy atom. The van der Waals surface area contributed by atoms with Crippen LogP contribution < -0.4 is 5.32 Å². The number of hydrogen-bond acceptors (Lipinski definition) is 3. The molecule has 1 unspecified atom stereocenters. The predicted octanol–water partition coefficient (Wildman–Crippen LogP) is 4.00. The first-order chi connectivity index (χ1) is 8.79. The van der Waals surface area contributed by atoms with Crippen LogP contribution in [0, 0.1) is 5.92 Å². The van der Waals surface area contributed by atoms with Crippen LogP contribution in [0.3, 0.4) is 0 Å². The Morgan fingerprint density at radius 2 is 2.17 bits per heavy atom. The third kappa shape index (κ3) is 4.15. The van der Waals surface area contributed by atoms with Crippen molar-refractivity contribution in [2.24, 2.45) is 5.92 Å². The second-order valence-electron chi connectivity index (χ2n) is 4.92. The standard InChI is InChI=1S/C14H21ClN2S/c1-16-13(11-5-3-2-4-6-11)10-18-14-8-7-12(15)9-17-14/h7-9,11,13,16H,2-6,10H2,1H3. The van der Waals surface area contributed by atoms with Gasteiger partial charge in [-0.25, -0.2) is 4.98 Å². The van der Waals surface area contributed by atoms with E-state index in [0.29, 0.717) is 11.1 Å². The SMILES string of the molecule is CNC(CSc1ccc(Cl)cn1)C1CCCCC1. The second kappa shape index (κ2) is 7.37. The summed E-state index contributed by atoms with van der Waals surface area (Å²) in [4.78, 5) is 4.33. The van der Waals surface area contributed by atoms with Gasteiger partial charge in [0.1, 0.15) is 0 Å². The molecule has 100 valence electrons. The van der Waals surface area contributed by atoms with Crippen LogP contribution in [0.5, 0.6) is 0 Å². The molecule has 1 saturated carbocycles. The summed E-state index contributed by atoms with van der Waals surface area (Å²) in [5.74, 6) is 1.93. The van der Waals surface area contributed by atoms with Gasteiger partial charge in [-0.15, -0.1) is 11.8 Å². The van der Waals surface area contributed by atoms with Crippen molar-refractivity contribution in [3.8, 4) is 0 Å². The van der Waals surface area contributed by atoms with Gasteiger partial charge in [-0.3, -0.25) is 0 Å². The maximum Gasteiger partial charge on any atom is 0.0961 e. The molecule has 2 nitrogen and oxygen atoms in total. The largest absolute Gasteiger partial charge is 0.316 e. The molecular weight excluding hydrogens is 264 g/mol. The zero-order valence-corrected chi connectivity index (χ0v) is 12.4. The highest BCUT2D eigenvalue weighted by molar-refractivity contribution is 7.99. The number of rotatable bonds is 5. The molecule has 0 saturated heterocycles. The van der Waals surface area contributed by atoms with E-state index < -0.39 is 0 Å². The highest BCUT2D eigenvalue weighted by atomic mass is 35.5. The first-order valence-electron chi connectivity index (χ1n) is 6.71. The maximum atomic E-state index is 5.84. The van der Waals surface area contributed by atoms with Crippen molar-refractivity contribution in [1.82, 2.24) is 10.3 Å². The van der Waals surface area contributed by atoms with Gasteiger partial charge in [0.25, 0.3) is 0 Å². The zero-order valence-electron chi connectivity index (χ0n) is 10.9. The van der Waals surface area contributed by atoms with Crippen LogP contribution in [0.25, 0.3) is 0 Å². The number of halogens is 1. The summed E-state index contributed by atoms with van der Waals surface area (Å²) < 4.78 is 0. The van der Waals surface area contributed by atoms with Crippen LogP contribution in [0.1, 0.15) is 32.1 Å². The molecule has 0 amide bonds. The van der Waals surface area contributed by atoms with Gasteiger partial charge >= 0.3 is 0 Å². The summed E-state index contributed by atoms with van der Waals surface area (Å²) in [6, 6.07) is 4.51. The molecule has 1 aromatic heterocycles. The van der Waals surface area contributed by atoms with Crippen LogP contribution >= 0.6 is 23.4 Å². The highest BCUT2D eigenvalue weighted by Gasteiger charge is 2.22. The number of hydrogen-bond donors (Lipinski definition) is 1. The van der Waals surface area contributed by atoms with Crippen LogP contribution in [0.15, 0.2) is 23.4 Å². The average molecular weight is 285 g/mol. The van der Waals surface area contributed by atoms with Gasteiger partial charge in [0, 0.05) is 18.0 Å². The Labute approximate surface area is 119 Å². The Bertz CT molecular complexity index is 349. The smallest absolute Gasteiger partial charge is 0.0961 e. The number of pyridine rings is 1. The minimum Gasteiger partial charge on any atom is -0.316 e. The van der Waals surface area contributed by atoms with Gasteiger partial charge in [0.2, 0.25) is 0 Å². The maximum absolute atomic E-state index is 5.84. The number of nitrogens with one attached hydrogen (secondary N) is 1. The topological polar surface area (TPSA) is 24.9 Å². The second-order valence-corrected chi connectivity index (χ2v) is 6.40. The molecule has 1 aliphatic rings. The Kier molecular flexibility index (Phi) is 5.80. The monoisotopic (exact) mass is 284 g/mol. The fraction of sp³-hybridized carbons (Fsp3) is 0.643. The molecule has 2 rings (SSSR count). The molecule has 18 heavy (non-hydrogen) atoms. The van der Waals surface area contributed by atoms with E-state index in [0.717, 1.165) is 16.7 Å². The van der Waals surface area contributed by atoms with Gasteiger partial charge in [-0.05, 0) is 37.9 Å². The Balaban J connectivity index is 1.84. The fourth-order valence-corrected chi connectivity index (χ4v) is 3.81. The van der Waals surface area contributed by atoms with E-state index in [1.807, 2.05) is 23.9 Å². The fourth-order valence-electron chi connectivity index (χ4n) is 2.61. The van der Waals surface area contributed by atoms with E-state index in [9.17, 15) is 0 Å². The zero-order chi connectivity index (χ0) is 12.8. The molecular formula is C14H21ClN2S. The van der Waals surface area contributed by atoms with Crippen LogP contribution in [-0.4, -0.2) is 23.8 Å². The molecule has 1 aromatic rings. The lowest BCUT2D eigenvalue weighted by Gasteiger charge is -2.29. The summed E-state index contributed by atoms with van der Waals surface area (Å²) in [5, 5.41) is 5.25. The van der Waals surface area contributed by atoms with Gasteiger partial charge in [0.05, 0.1) is 10.0 Å². The van der Waals surface area contributed by atoms with Crippen molar-refractivity contribution in [3.05, 3.63) is 23.4 Å². The van der Waals surface area contributed by atoms with Crippen LogP contribution in [-0.2, 0) is 0 Å². The Morgan fingerprint density at radius 3 is 2.78 bits per heavy atom. The lowest BCUT2D eigenvalue weighted by atomic mass is 9.84. The van der Waals surface area contributed by atoms with Crippen molar-refractivity contribution >= 4 is 23.4 Å². The quantitative estimate of drug-likeness (QED) is 0.828. The summed E-state index contributed by atoms with van der Waals surface area (Å²) >= 11 is 7.66. The summed E-state index contributed by atoms with van der Waals surface area (Å²) in [5.41, 5.74) is 0. The molecule has 1 atom stereocenters. The summed E-state index contributed by atoms with van der Waals surface area (Å²) in [6.07, 6.45) is 8.68. The van der Waals surface area contributed by atoms with Crippen LogP contribution in [0.4, 0.5) is 0 Å². The Hall–Kier alpha value is -0.250. The number of aromatic nitrogens is 1. The third-order valence-electron chi connectivity index (χ3n) is 3.70. The summed E-state index contributed by atoms with van der Waals surface area (Å²) in [6.45, 7) is 0. The van der Waals surface area contributed by atoms with E-state index in [1.165, 1.54) is 32.1 Å². The van der Waals surface area contributed by atoms with Gasteiger partial charge in [-0.2, -0.15) is 0 Å². The van der Waals surface area contributed by atoms with Crippen LogP contribution in [0.2, 0.25) is 5.02 Å². The molecule has 1 aliphatic carbocycles. The van der Waals surface area contributed by atoms with E-state index in [4.69, 9.17) is 11.6 Å². The molecule has 1 fully saturated rings. The van der Waals surface area contributed by atoms with Crippen molar-refractivity contribution in [3.63, 3.8) is 0 Å². The molecule has 1 heterocycles. The highest BCUT2D eigenvalue weighted by Crippen LogP contribution is 2.29. The van der Waals surface area contributed by atoms with E-state index in [2.05, 4.69) is 17.3 Å². The van der Waals surface area contributed by atoms with Crippen molar-refractivity contribution in [2.45, 2.75) is 43.2 Å². The van der Waals surface area contributed by atoms with Crippen molar-refractivity contribution < 1.29 is 0 Å². The lowest BCUT2D eigenvalue weighted by molar-refractivity contribution is 0.294. The molecule has 0 aromatic carbocycles. The first kappa shape index (κ1) is 14.2. The van der Waals surface area contributed by atoms with Gasteiger partial charge in [0.15, 0.2) is 0 Å². The molecule has 0 radical (unpaired) electrons. The molecule has 4 heteroatoms. The van der Waals surface area contributed by atoms with E-state index in [-0.39, 0.29) is 0 Å². The predicted molar refractivity (Wildman–Crippen MR) is 79.4 cm³/mol. The van der Waals surface area contributed by atoms with Crippen molar-refractivity contribution in [1.29, 1.82) is 0 Å². The van der Waals surface area contributed by atoms with Gasteiger partial charge in [-0.1, -0.05) is 30.9 Å². The number of nitrogens with zero attached hydrogens (tertiary/aromatic N) is 1. The number of thioether (sulfide) groups is 1.